The number of aromatic nitrogens is 2. The van der Waals surface area contributed by atoms with Crippen LogP contribution in [0.5, 0.6) is 0 Å². The minimum absolute atomic E-state index is 0.834. The first-order chi connectivity index (χ1) is 6.40. The molecule has 2 rings (SSSR count). The lowest BCUT2D eigenvalue weighted by atomic mass is 10.3. The standard InChI is InChI=1S/C9H11N3S/c13-4-3-10-7-1-2-8-9(5-7)12-6-11-8/h1-2,5-6,10,13H,3-4H2,(H,11,12). The number of fused-ring (bicyclic) bond motifs is 1. The number of rotatable bonds is 3. The Kier molecular flexibility index (Phi) is 2.40. The molecule has 3 nitrogen and oxygen atoms in total. The molecule has 13 heavy (non-hydrogen) atoms. The van der Waals surface area contributed by atoms with Gasteiger partial charge in [0.15, 0.2) is 0 Å². The number of nitrogens with zero attached hydrogens (tertiary/aromatic N) is 1. The smallest absolute Gasteiger partial charge is 0.0931 e. The Morgan fingerprint density at radius 2 is 2.38 bits per heavy atom. The third-order valence-electron chi connectivity index (χ3n) is 1.86. The van der Waals surface area contributed by atoms with Crippen LogP contribution in [0.2, 0.25) is 0 Å². The van der Waals surface area contributed by atoms with Crippen molar-refractivity contribution in [1.82, 2.24) is 9.97 Å². The van der Waals surface area contributed by atoms with Gasteiger partial charge in [-0.3, -0.25) is 0 Å². The van der Waals surface area contributed by atoms with Crippen LogP contribution in [-0.4, -0.2) is 22.3 Å². The van der Waals surface area contributed by atoms with Gasteiger partial charge in [0, 0.05) is 18.0 Å². The molecule has 0 saturated carbocycles. The lowest BCUT2D eigenvalue weighted by Crippen LogP contribution is -2.01. The molecule has 0 aliphatic rings. The Morgan fingerprint density at radius 3 is 3.23 bits per heavy atom. The summed E-state index contributed by atoms with van der Waals surface area (Å²) in [4.78, 5) is 7.21. The first kappa shape index (κ1) is 8.44. The zero-order valence-corrected chi connectivity index (χ0v) is 8.01. The van der Waals surface area contributed by atoms with Crippen LogP contribution in [-0.2, 0) is 0 Å². The van der Waals surface area contributed by atoms with Gasteiger partial charge in [0.1, 0.15) is 0 Å². The van der Waals surface area contributed by atoms with Crippen LogP contribution in [0.3, 0.4) is 0 Å². The SMILES string of the molecule is SCCNc1ccc2nc[nH]c2c1. The van der Waals surface area contributed by atoms with Crippen molar-refractivity contribution in [2.75, 3.05) is 17.6 Å². The van der Waals surface area contributed by atoms with Crippen molar-refractivity contribution in [3.8, 4) is 0 Å². The van der Waals surface area contributed by atoms with Gasteiger partial charge < -0.3 is 10.3 Å². The molecule has 0 unspecified atom stereocenters. The zero-order chi connectivity index (χ0) is 9.10. The van der Waals surface area contributed by atoms with Gasteiger partial charge in [-0.05, 0) is 18.2 Å². The summed E-state index contributed by atoms with van der Waals surface area (Å²) in [5.41, 5.74) is 3.16. The van der Waals surface area contributed by atoms with Crippen LogP contribution in [0.4, 0.5) is 5.69 Å². The average Bonchev–Trinajstić information content (AvgIpc) is 2.61. The number of imidazole rings is 1. The van der Waals surface area contributed by atoms with Crippen molar-refractivity contribution in [2.45, 2.75) is 0 Å². The lowest BCUT2D eigenvalue weighted by molar-refractivity contribution is 1.24. The minimum Gasteiger partial charge on any atom is -0.384 e. The fourth-order valence-electron chi connectivity index (χ4n) is 1.25. The van der Waals surface area contributed by atoms with Crippen LogP contribution in [0.1, 0.15) is 0 Å². The predicted molar refractivity (Wildman–Crippen MR) is 58.4 cm³/mol. The van der Waals surface area contributed by atoms with E-state index in [2.05, 4.69) is 27.9 Å². The quantitative estimate of drug-likeness (QED) is 0.652. The van der Waals surface area contributed by atoms with E-state index in [0.29, 0.717) is 0 Å². The number of aromatic amines is 1. The summed E-state index contributed by atoms with van der Waals surface area (Å²) in [6.45, 7) is 0.878. The molecule has 0 aliphatic heterocycles. The molecule has 0 aliphatic carbocycles. The number of hydrogen-bond acceptors (Lipinski definition) is 3. The highest BCUT2D eigenvalue weighted by Gasteiger charge is 1.96. The summed E-state index contributed by atoms with van der Waals surface area (Å²) in [5, 5.41) is 3.25. The Labute approximate surface area is 82.0 Å². The number of anilines is 1. The van der Waals surface area contributed by atoms with Crippen LogP contribution >= 0.6 is 12.6 Å². The monoisotopic (exact) mass is 193 g/mol. The van der Waals surface area contributed by atoms with E-state index >= 15 is 0 Å². The first-order valence-electron chi connectivity index (χ1n) is 4.18. The Bertz CT molecular complexity index is 396. The van der Waals surface area contributed by atoms with Gasteiger partial charge in [-0.25, -0.2) is 4.98 Å². The van der Waals surface area contributed by atoms with Crippen LogP contribution in [0.25, 0.3) is 11.0 Å². The molecule has 1 aromatic carbocycles. The first-order valence-corrected chi connectivity index (χ1v) is 4.81. The molecular formula is C9H11N3S. The van der Waals surface area contributed by atoms with Crippen molar-refractivity contribution >= 4 is 29.3 Å². The second-order valence-electron chi connectivity index (χ2n) is 2.78. The van der Waals surface area contributed by atoms with Crippen molar-refractivity contribution in [1.29, 1.82) is 0 Å². The molecule has 1 aromatic heterocycles. The van der Waals surface area contributed by atoms with Crippen molar-refractivity contribution in [2.24, 2.45) is 0 Å². The highest BCUT2D eigenvalue weighted by molar-refractivity contribution is 7.80. The van der Waals surface area contributed by atoms with Gasteiger partial charge >= 0.3 is 0 Å². The number of benzene rings is 1. The second kappa shape index (κ2) is 3.70. The maximum absolute atomic E-state index is 4.14. The molecule has 0 bridgehead atoms. The maximum Gasteiger partial charge on any atom is 0.0931 e. The van der Waals surface area contributed by atoms with Crippen molar-refractivity contribution in [3.05, 3.63) is 24.5 Å². The van der Waals surface area contributed by atoms with Crippen molar-refractivity contribution in [3.63, 3.8) is 0 Å². The molecule has 0 fully saturated rings. The maximum atomic E-state index is 4.14. The third-order valence-corrected chi connectivity index (χ3v) is 2.08. The molecule has 0 amide bonds. The number of hydrogen-bond donors (Lipinski definition) is 3. The fraction of sp³-hybridized carbons (Fsp3) is 0.222. The van der Waals surface area contributed by atoms with Crippen LogP contribution < -0.4 is 5.32 Å². The van der Waals surface area contributed by atoms with E-state index in [0.717, 1.165) is 29.0 Å². The topological polar surface area (TPSA) is 40.7 Å². The molecule has 4 heteroatoms. The number of H-pyrrole nitrogens is 1. The molecule has 0 spiro atoms. The molecule has 0 radical (unpaired) electrons. The summed E-state index contributed by atoms with van der Waals surface area (Å²) in [6.07, 6.45) is 1.70. The molecule has 1 heterocycles. The lowest BCUT2D eigenvalue weighted by Gasteiger charge is -2.02. The van der Waals surface area contributed by atoms with E-state index < -0.39 is 0 Å². The summed E-state index contributed by atoms with van der Waals surface area (Å²) in [7, 11) is 0. The van der Waals surface area contributed by atoms with Gasteiger partial charge in [-0.1, -0.05) is 0 Å². The summed E-state index contributed by atoms with van der Waals surface area (Å²) < 4.78 is 0. The highest BCUT2D eigenvalue weighted by atomic mass is 32.1. The Hall–Kier alpha value is -1.16. The van der Waals surface area contributed by atoms with Gasteiger partial charge in [0.2, 0.25) is 0 Å². The fourth-order valence-corrected chi connectivity index (χ4v) is 1.36. The molecule has 0 atom stereocenters. The summed E-state index contributed by atoms with van der Waals surface area (Å²) in [6, 6.07) is 6.06. The van der Waals surface area contributed by atoms with Crippen LogP contribution in [0.15, 0.2) is 24.5 Å². The Morgan fingerprint density at radius 1 is 1.46 bits per heavy atom. The van der Waals surface area contributed by atoms with E-state index in [1.54, 1.807) is 6.33 Å². The van der Waals surface area contributed by atoms with Gasteiger partial charge in [-0.2, -0.15) is 12.6 Å². The summed E-state index contributed by atoms with van der Waals surface area (Å²) in [5.74, 6) is 0.834. The van der Waals surface area contributed by atoms with E-state index in [9.17, 15) is 0 Å². The van der Waals surface area contributed by atoms with Gasteiger partial charge in [-0.15, -0.1) is 0 Å². The molecular weight excluding hydrogens is 182 g/mol. The van der Waals surface area contributed by atoms with E-state index in [-0.39, 0.29) is 0 Å². The number of nitrogens with one attached hydrogen (secondary N) is 2. The predicted octanol–water partition coefficient (Wildman–Crippen LogP) is 1.90. The van der Waals surface area contributed by atoms with E-state index in [4.69, 9.17) is 0 Å². The second-order valence-corrected chi connectivity index (χ2v) is 3.23. The molecule has 2 N–H and O–H groups in total. The highest BCUT2D eigenvalue weighted by Crippen LogP contribution is 2.14. The van der Waals surface area contributed by atoms with E-state index in [1.165, 1.54) is 0 Å². The normalized spacial score (nSPS) is 10.5. The molecule has 0 saturated heterocycles. The number of thiol groups is 1. The van der Waals surface area contributed by atoms with Crippen LogP contribution in [0, 0.1) is 0 Å². The summed E-state index contributed by atoms with van der Waals surface area (Å²) >= 11 is 4.13. The average molecular weight is 193 g/mol. The molecule has 2 aromatic rings. The molecule has 68 valence electrons. The van der Waals surface area contributed by atoms with Gasteiger partial charge in [0.25, 0.3) is 0 Å². The van der Waals surface area contributed by atoms with Gasteiger partial charge in [0.05, 0.1) is 17.4 Å². The van der Waals surface area contributed by atoms with Crippen molar-refractivity contribution < 1.29 is 0 Å². The largest absolute Gasteiger partial charge is 0.384 e. The zero-order valence-electron chi connectivity index (χ0n) is 7.12. The van der Waals surface area contributed by atoms with E-state index in [1.807, 2.05) is 18.2 Å². The third kappa shape index (κ3) is 1.78. The Balaban J connectivity index is 2.26. The minimum atomic E-state index is 0.834.